The van der Waals surface area contributed by atoms with Crippen LogP contribution in [0.5, 0.6) is 0 Å². The van der Waals surface area contributed by atoms with Gasteiger partial charge in [0.1, 0.15) is 5.92 Å². The molecule has 5 nitrogen and oxygen atoms in total. The first-order chi connectivity index (χ1) is 9.49. The number of carbonyl (C=O) groups excluding carboxylic acids is 2. The summed E-state index contributed by atoms with van der Waals surface area (Å²) in [4.78, 5) is 23.3. The molecule has 0 aromatic carbocycles. The van der Waals surface area contributed by atoms with Crippen LogP contribution in [0, 0.1) is 5.92 Å². The maximum absolute atomic E-state index is 11.8. The lowest BCUT2D eigenvalue weighted by molar-refractivity contribution is -0.152. The Morgan fingerprint density at radius 1 is 1.10 bits per heavy atom. The molecule has 0 aliphatic carbocycles. The summed E-state index contributed by atoms with van der Waals surface area (Å²) >= 11 is 0. The summed E-state index contributed by atoms with van der Waals surface area (Å²) in [6.45, 7) is 8.03. The van der Waals surface area contributed by atoms with Crippen molar-refractivity contribution in [2.75, 3.05) is 20.8 Å². The maximum atomic E-state index is 11.8. The van der Waals surface area contributed by atoms with Crippen molar-refractivity contribution in [1.29, 1.82) is 0 Å². The van der Waals surface area contributed by atoms with E-state index in [0.29, 0.717) is 6.61 Å². The van der Waals surface area contributed by atoms with Gasteiger partial charge in [-0.05, 0) is 13.3 Å². The van der Waals surface area contributed by atoms with Crippen molar-refractivity contribution >= 4 is 11.9 Å². The molecule has 5 heteroatoms. The van der Waals surface area contributed by atoms with Gasteiger partial charge >= 0.3 is 11.9 Å². The van der Waals surface area contributed by atoms with Gasteiger partial charge < -0.3 is 14.2 Å². The summed E-state index contributed by atoms with van der Waals surface area (Å²) in [6, 6.07) is 0. The van der Waals surface area contributed by atoms with Crippen LogP contribution in [-0.2, 0) is 23.8 Å². The number of esters is 2. The van der Waals surface area contributed by atoms with Crippen LogP contribution in [0.3, 0.4) is 0 Å². The van der Waals surface area contributed by atoms with Gasteiger partial charge in [-0.3, -0.25) is 4.79 Å². The highest BCUT2D eigenvalue weighted by Gasteiger charge is 2.33. The van der Waals surface area contributed by atoms with Gasteiger partial charge in [-0.15, -0.1) is 0 Å². The summed E-state index contributed by atoms with van der Waals surface area (Å²) in [6.07, 6.45) is 3.85. The van der Waals surface area contributed by atoms with Gasteiger partial charge in [-0.25, -0.2) is 4.79 Å². The number of unbranched alkanes of at least 4 members (excludes halogenated alkanes) is 3. The van der Waals surface area contributed by atoms with Gasteiger partial charge in [0.05, 0.1) is 20.3 Å². The highest BCUT2D eigenvalue weighted by Crippen LogP contribution is 2.20. The molecule has 0 saturated carbocycles. The fraction of sp³-hybridized carbons (Fsp3) is 0.733. The minimum absolute atomic E-state index is 0.0559. The summed E-state index contributed by atoms with van der Waals surface area (Å²) in [5.74, 6) is -2.00. The highest BCUT2D eigenvalue weighted by molar-refractivity contribution is 5.95. The fourth-order valence-electron chi connectivity index (χ4n) is 1.90. The number of rotatable bonds is 10. The molecule has 2 unspecified atom stereocenters. The molecule has 0 aliphatic heterocycles. The van der Waals surface area contributed by atoms with Gasteiger partial charge in [0.15, 0.2) is 0 Å². The first-order valence-corrected chi connectivity index (χ1v) is 6.96. The second kappa shape index (κ2) is 10.4. The lowest BCUT2D eigenvalue weighted by Crippen LogP contribution is -2.34. The Hall–Kier alpha value is -1.36. The molecule has 0 heterocycles. The molecule has 116 valence electrons. The quantitative estimate of drug-likeness (QED) is 0.351. The second-order valence-electron chi connectivity index (χ2n) is 4.65. The molecule has 0 aromatic rings. The zero-order chi connectivity index (χ0) is 15.5. The fourth-order valence-corrected chi connectivity index (χ4v) is 1.90. The van der Waals surface area contributed by atoms with Crippen molar-refractivity contribution in [2.45, 2.75) is 45.6 Å². The molecule has 0 aliphatic rings. The second-order valence-corrected chi connectivity index (χ2v) is 4.65. The van der Waals surface area contributed by atoms with E-state index in [0.717, 1.165) is 25.7 Å². The average Bonchev–Trinajstić information content (AvgIpc) is 2.45. The minimum atomic E-state index is -0.835. The van der Waals surface area contributed by atoms with Crippen LogP contribution in [0.4, 0.5) is 0 Å². The molecule has 0 saturated heterocycles. The molecule has 0 N–H and O–H groups in total. The van der Waals surface area contributed by atoms with Crippen LogP contribution in [0.15, 0.2) is 12.2 Å². The lowest BCUT2D eigenvalue weighted by atomic mass is 9.95. The SMILES string of the molecule is C=C(C(=O)OC)C(C(=O)OC)C(C)OCCCCCC. The normalized spacial score (nSPS) is 13.4. The van der Waals surface area contributed by atoms with Crippen molar-refractivity contribution in [2.24, 2.45) is 5.92 Å². The third-order valence-corrected chi connectivity index (χ3v) is 3.13. The number of methoxy groups -OCH3 is 2. The minimum Gasteiger partial charge on any atom is -0.468 e. The molecular formula is C15H26O5. The summed E-state index contributed by atoms with van der Waals surface area (Å²) in [7, 11) is 2.52. The van der Waals surface area contributed by atoms with E-state index in [-0.39, 0.29) is 5.57 Å². The first-order valence-electron chi connectivity index (χ1n) is 6.96. The van der Waals surface area contributed by atoms with Crippen LogP contribution in [0.1, 0.15) is 39.5 Å². The van der Waals surface area contributed by atoms with Crippen LogP contribution in [0.2, 0.25) is 0 Å². The topological polar surface area (TPSA) is 61.8 Å². The van der Waals surface area contributed by atoms with Gasteiger partial charge in [0.25, 0.3) is 0 Å². The predicted octanol–water partition coefficient (Wildman–Crippen LogP) is 2.49. The molecule has 0 amide bonds. The van der Waals surface area contributed by atoms with E-state index >= 15 is 0 Å². The van der Waals surface area contributed by atoms with E-state index in [1.807, 2.05) is 0 Å². The number of ether oxygens (including phenoxy) is 3. The summed E-state index contributed by atoms with van der Waals surface area (Å²) < 4.78 is 14.9. The van der Waals surface area contributed by atoms with Crippen molar-refractivity contribution in [3.05, 3.63) is 12.2 Å². The van der Waals surface area contributed by atoms with Crippen molar-refractivity contribution in [3.63, 3.8) is 0 Å². The van der Waals surface area contributed by atoms with Crippen molar-refractivity contribution in [3.8, 4) is 0 Å². The molecule has 0 rings (SSSR count). The van der Waals surface area contributed by atoms with Crippen LogP contribution >= 0.6 is 0 Å². The van der Waals surface area contributed by atoms with Crippen LogP contribution < -0.4 is 0 Å². The zero-order valence-corrected chi connectivity index (χ0v) is 12.9. The molecule has 0 bridgehead atoms. The van der Waals surface area contributed by atoms with E-state index < -0.39 is 24.0 Å². The Labute approximate surface area is 121 Å². The molecule has 0 fully saturated rings. The van der Waals surface area contributed by atoms with E-state index in [1.165, 1.54) is 14.2 Å². The zero-order valence-electron chi connectivity index (χ0n) is 12.9. The monoisotopic (exact) mass is 286 g/mol. The van der Waals surface area contributed by atoms with E-state index in [2.05, 4.69) is 18.2 Å². The highest BCUT2D eigenvalue weighted by atomic mass is 16.5. The largest absolute Gasteiger partial charge is 0.468 e. The Balaban J connectivity index is 4.50. The molecule has 0 spiro atoms. The van der Waals surface area contributed by atoms with Crippen LogP contribution in [0.25, 0.3) is 0 Å². The van der Waals surface area contributed by atoms with Crippen molar-refractivity contribution < 1.29 is 23.8 Å². The third-order valence-electron chi connectivity index (χ3n) is 3.13. The van der Waals surface area contributed by atoms with E-state index in [4.69, 9.17) is 9.47 Å². The van der Waals surface area contributed by atoms with Crippen LogP contribution in [-0.4, -0.2) is 38.9 Å². The summed E-state index contributed by atoms with van der Waals surface area (Å²) in [5.41, 5.74) is 0.0559. The Kier molecular flexibility index (Phi) is 9.72. The van der Waals surface area contributed by atoms with E-state index in [1.54, 1.807) is 6.92 Å². The number of hydrogen-bond acceptors (Lipinski definition) is 5. The molecule has 20 heavy (non-hydrogen) atoms. The van der Waals surface area contributed by atoms with Gasteiger partial charge in [-0.2, -0.15) is 0 Å². The molecular weight excluding hydrogens is 260 g/mol. The average molecular weight is 286 g/mol. The van der Waals surface area contributed by atoms with Crippen molar-refractivity contribution in [1.82, 2.24) is 0 Å². The third kappa shape index (κ3) is 6.19. The van der Waals surface area contributed by atoms with E-state index in [9.17, 15) is 9.59 Å². The van der Waals surface area contributed by atoms with Gasteiger partial charge in [0, 0.05) is 12.2 Å². The molecule has 0 aromatic heterocycles. The smallest absolute Gasteiger partial charge is 0.334 e. The Bertz CT molecular complexity index is 324. The maximum Gasteiger partial charge on any atom is 0.334 e. The molecule has 0 radical (unpaired) electrons. The Morgan fingerprint density at radius 3 is 2.25 bits per heavy atom. The van der Waals surface area contributed by atoms with Gasteiger partial charge in [0.2, 0.25) is 0 Å². The molecule has 2 atom stereocenters. The Morgan fingerprint density at radius 2 is 1.75 bits per heavy atom. The number of hydrogen-bond donors (Lipinski definition) is 0. The lowest BCUT2D eigenvalue weighted by Gasteiger charge is -2.22. The van der Waals surface area contributed by atoms with Gasteiger partial charge in [-0.1, -0.05) is 32.8 Å². The standard InChI is InChI=1S/C15H26O5/c1-6-7-8-9-10-20-12(3)13(15(17)19-5)11(2)14(16)18-4/h12-13H,2,6-10H2,1,3-5H3. The first kappa shape index (κ1) is 18.6. The summed E-state index contributed by atoms with van der Waals surface area (Å²) in [5, 5.41) is 0. The predicted molar refractivity (Wildman–Crippen MR) is 76.2 cm³/mol. The number of carbonyl (C=O) groups is 2.